The van der Waals surface area contributed by atoms with Crippen molar-refractivity contribution >= 4 is 10.0 Å². The molecule has 1 aliphatic carbocycles. The molecule has 0 radical (unpaired) electrons. The van der Waals surface area contributed by atoms with Gasteiger partial charge >= 0.3 is 0 Å². The Balaban J connectivity index is 2.02. The van der Waals surface area contributed by atoms with Crippen LogP contribution in [0.15, 0.2) is 23.1 Å². The maximum Gasteiger partial charge on any atom is 0.238 e. The van der Waals surface area contributed by atoms with Crippen LogP contribution in [0.5, 0.6) is 5.75 Å². The third kappa shape index (κ3) is 3.44. The van der Waals surface area contributed by atoms with Crippen LogP contribution >= 0.6 is 0 Å². The number of hydrogen-bond acceptors (Lipinski definition) is 3. The zero-order valence-electron chi connectivity index (χ0n) is 9.85. The molecule has 0 unspecified atom stereocenters. The molecule has 0 saturated heterocycles. The van der Waals surface area contributed by atoms with E-state index in [1.807, 2.05) is 0 Å². The second kappa shape index (κ2) is 4.66. The van der Waals surface area contributed by atoms with Gasteiger partial charge in [-0.2, -0.15) is 0 Å². The molecule has 1 fully saturated rings. The minimum atomic E-state index is -3.63. The summed E-state index contributed by atoms with van der Waals surface area (Å²) in [6, 6.07) is 4.86. The van der Waals surface area contributed by atoms with Crippen LogP contribution in [0.1, 0.15) is 24.8 Å². The lowest BCUT2D eigenvalue weighted by Crippen LogP contribution is -2.13. The van der Waals surface area contributed by atoms with E-state index in [2.05, 4.69) is 0 Å². The van der Waals surface area contributed by atoms with Crippen molar-refractivity contribution in [1.29, 1.82) is 0 Å². The highest BCUT2D eigenvalue weighted by Crippen LogP contribution is 2.32. The Bertz CT molecular complexity index is 506. The summed E-state index contributed by atoms with van der Waals surface area (Å²) in [5, 5.41) is 5.09. The van der Waals surface area contributed by atoms with Gasteiger partial charge in [-0.05, 0) is 43.0 Å². The molecule has 1 aromatic carbocycles. The van der Waals surface area contributed by atoms with Crippen molar-refractivity contribution in [3.05, 3.63) is 23.8 Å². The number of sulfonamides is 1. The molecular formula is C12H17NO3S. The van der Waals surface area contributed by atoms with Gasteiger partial charge in [0, 0.05) is 0 Å². The number of rotatable bonds is 5. The summed E-state index contributed by atoms with van der Waals surface area (Å²) in [7, 11) is -3.63. The van der Waals surface area contributed by atoms with Crippen molar-refractivity contribution in [2.45, 2.75) is 31.1 Å². The minimum absolute atomic E-state index is 0.159. The molecule has 0 heterocycles. The van der Waals surface area contributed by atoms with Crippen molar-refractivity contribution < 1.29 is 13.2 Å². The van der Waals surface area contributed by atoms with Crippen LogP contribution < -0.4 is 9.88 Å². The molecule has 0 aromatic heterocycles. The van der Waals surface area contributed by atoms with Crippen LogP contribution in [-0.4, -0.2) is 15.0 Å². The van der Waals surface area contributed by atoms with E-state index in [0.29, 0.717) is 17.9 Å². The molecule has 4 nitrogen and oxygen atoms in total. The summed E-state index contributed by atoms with van der Waals surface area (Å²) < 4.78 is 28.0. The van der Waals surface area contributed by atoms with Crippen molar-refractivity contribution in [3.63, 3.8) is 0 Å². The first-order chi connectivity index (χ1) is 7.97. The molecular weight excluding hydrogens is 238 g/mol. The van der Waals surface area contributed by atoms with Gasteiger partial charge in [-0.3, -0.25) is 0 Å². The van der Waals surface area contributed by atoms with Gasteiger partial charge in [-0.15, -0.1) is 0 Å². The van der Waals surface area contributed by atoms with Gasteiger partial charge < -0.3 is 4.74 Å². The SMILES string of the molecule is Cc1cc(OCCC2CC2)ccc1S(N)(=O)=O. The Morgan fingerprint density at radius 3 is 2.65 bits per heavy atom. The van der Waals surface area contributed by atoms with E-state index in [1.165, 1.54) is 18.9 Å². The average molecular weight is 255 g/mol. The smallest absolute Gasteiger partial charge is 0.238 e. The van der Waals surface area contributed by atoms with E-state index in [-0.39, 0.29) is 4.90 Å². The van der Waals surface area contributed by atoms with E-state index in [1.54, 1.807) is 19.1 Å². The molecule has 1 aliphatic rings. The second-order valence-electron chi connectivity index (χ2n) is 4.55. The number of primary sulfonamides is 1. The van der Waals surface area contributed by atoms with Gasteiger partial charge in [-0.25, -0.2) is 13.6 Å². The van der Waals surface area contributed by atoms with Gasteiger partial charge in [0.05, 0.1) is 11.5 Å². The highest BCUT2D eigenvalue weighted by atomic mass is 32.2. The van der Waals surface area contributed by atoms with Crippen molar-refractivity contribution in [2.75, 3.05) is 6.61 Å². The van der Waals surface area contributed by atoms with Crippen LogP contribution in [0.2, 0.25) is 0 Å². The summed E-state index contributed by atoms with van der Waals surface area (Å²) in [5.74, 6) is 1.54. The first-order valence-corrected chi connectivity index (χ1v) is 7.28. The predicted molar refractivity (Wildman–Crippen MR) is 65.4 cm³/mol. The molecule has 0 amide bonds. The Hall–Kier alpha value is -1.07. The molecule has 17 heavy (non-hydrogen) atoms. The molecule has 0 aliphatic heterocycles. The van der Waals surface area contributed by atoms with E-state index in [9.17, 15) is 8.42 Å². The Morgan fingerprint density at radius 2 is 2.12 bits per heavy atom. The van der Waals surface area contributed by atoms with Crippen LogP contribution in [0.3, 0.4) is 0 Å². The molecule has 1 saturated carbocycles. The number of hydrogen-bond donors (Lipinski definition) is 1. The van der Waals surface area contributed by atoms with Crippen LogP contribution in [-0.2, 0) is 10.0 Å². The van der Waals surface area contributed by atoms with Crippen molar-refractivity contribution in [1.82, 2.24) is 0 Å². The summed E-state index contributed by atoms with van der Waals surface area (Å²) in [6.07, 6.45) is 3.70. The zero-order chi connectivity index (χ0) is 12.5. The summed E-state index contributed by atoms with van der Waals surface area (Å²) in [5.41, 5.74) is 0.622. The Kier molecular flexibility index (Phi) is 3.40. The Morgan fingerprint density at radius 1 is 1.41 bits per heavy atom. The lowest BCUT2D eigenvalue weighted by molar-refractivity contribution is 0.302. The molecule has 2 rings (SSSR count). The normalized spacial score (nSPS) is 15.9. The fraction of sp³-hybridized carbons (Fsp3) is 0.500. The average Bonchev–Trinajstić information content (AvgIpc) is 2.99. The number of nitrogens with two attached hydrogens (primary N) is 1. The largest absolute Gasteiger partial charge is 0.494 e. The van der Waals surface area contributed by atoms with Crippen LogP contribution in [0.4, 0.5) is 0 Å². The first-order valence-electron chi connectivity index (χ1n) is 5.73. The summed E-state index contributed by atoms with van der Waals surface area (Å²) in [4.78, 5) is 0.159. The van der Waals surface area contributed by atoms with Crippen molar-refractivity contribution in [2.24, 2.45) is 11.1 Å². The number of benzene rings is 1. The zero-order valence-corrected chi connectivity index (χ0v) is 10.7. The van der Waals surface area contributed by atoms with Crippen molar-refractivity contribution in [3.8, 4) is 5.75 Å². The number of ether oxygens (including phenoxy) is 1. The van der Waals surface area contributed by atoms with Crippen LogP contribution in [0, 0.1) is 12.8 Å². The van der Waals surface area contributed by atoms with Gasteiger partial charge in [0.2, 0.25) is 10.0 Å². The highest BCUT2D eigenvalue weighted by Gasteiger charge is 2.20. The van der Waals surface area contributed by atoms with Gasteiger partial charge in [-0.1, -0.05) is 12.8 Å². The monoisotopic (exact) mass is 255 g/mol. The maximum atomic E-state index is 11.2. The van der Waals surface area contributed by atoms with E-state index in [0.717, 1.165) is 12.3 Å². The van der Waals surface area contributed by atoms with Gasteiger partial charge in [0.25, 0.3) is 0 Å². The van der Waals surface area contributed by atoms with E-state index >= 15 is 0 Å². The van der Waals surface area contributed by atoms with Gasteiger partial charge in [0.15, 0.2) is 0 Å². The molecule has 0 atom stereocenters. The highest BCUT2D eigenvalue weighted by molar-refractivity contribution is 7.89. The van der Waals surface area contributed by atoms with Crippen LogP contribution in [0.25, 0.3) is 0 Å². The molecule has 5 heteroatoms. The maximum absolute atomic E-state index is 11.2. The number of aryl methyl sites for hydroxylation is 1. The molecule has 1 aromatic rings. The lowest BCUT2D eigenvalue weighted by Gasteiger charge is -2.08. The van der Waals surface area contributed by atoms with E-state index < -0.39 is 10.0 Å². The Labute approximate surface area is 102 Å². The fourth-order valence-electron chi connectivity index (χ4n) is 1.78. The van der Waals surface area contributed by atoms with E-state index in [4.69, 9.17) is 9.88 Å². The van der Waals surface area contributed by atoms with Gasteiger partial charge in [0.1, 0.15) is 5.75 Å². The molecule has 0 spiro atoms. The molecule has 2 N–H and O–H groups in total. The summed E-state index contributed by atoms with van der Waals surface area (Å²) in [6.45, 7) is 2.41. The second-order valence-corrected chi connectivity index (χ2v) is 6.08. The third-order valence-electron chi connectivity index (χ3n) is 2.94. The third-order valence-corrected chi connectivity index (χ3v) is 4.02. The lowest BCUT2D eigenvalue weighted by atomic mass is 10.2. The minimum Gasteiger partial charge on any atom is -0.494 e. The topological polar surface area (TPSA) is 69.4 Å². The standard InChI is InChI=1S/C12H17NO3S/c1-9-8-11(16-7-6-10-2-3-10)4-5-12(9)17(13,14)15/h4-5,8,10H,2-3,6-7H2,1H3,(H2,13,14,15). The molecule has 0 bridgehead atoms. The summed E-state index contributed by atoms with van der Waals surface area (Å²) >= 11 is 0. The quantitative estimate of drug-likeness (QED) is 0.872. The predicted octanol–water partition coefficient (Wildman–Crippen LogP) is 1.82. The fourth-order valence-corrected chi connectivity index (χ4v) is 2.55. The first kappa shape index (κ1) is 12.4. The molecule has 94 valence electrons.